The topological polar surface area (TPSA) is 47.3 Å². The standard InChI is InChI=1S/C17H17FN2O/c1-12(21)15-8-7-13(10-19)9-17(15)20(2)11-14-5-3-4-6-16(14)18/h3-9,12,21H,11H2,1-2H3/t12-/m1/s1. The first-order valence-corrected chi connectivity index (χ1v) is 6.69. The first-order chi connectivity index (χ1) is 10.0. The molecule has 4 heteroatoms. The van der Waals surface area contributed by atoms with Crippen molar-refractivity contribution in [2.75, 3.05) is 11.9 Å². The smallest absolute Gasteiger partial charge is 0.128 e. The van der Waals surface area contributed by atoms with Crippen LogP contribution in [0.3, 0.4) is 0 Å². The third-order valence-electron chi connectivity index (χ3n) is 3.39. The van der Waals surface area contributed by atoms with E-state index in [-0.39, 0.29) is 5.82 Å². The van der Waals surface area contributed by atoms with Crippen molar-refractivity contribution in [3.05, 3.63) is 65.0 Å². The third kappa shape index (κ3) is 3.39. The molecule has 2 aromatic rings. The Kier molecular flexibility index (Phi) is 4.56. The number of anilines is 1. The molecule has 0 aliphatic carbocycles. The second-order valence-electron chi connectivity index (χ2n) is 5.01. The van der Waals surface area contributed by atoms with Crippen LogP contribution in [-0.2, 0) is 6.54 Å². The maximum atomic E-state index is 13.7. The van der Waals surface area contributed by atoms with Crippen molar-refractivity contribution in [1.82, 2.24) is 0 Å². The fraction of sp³-hybridized carbons (Fsp3) is 0.235. The van der Waals surface area contributed by atoms with Gasteiger partial charge in [0.15, 0.2) is 0 Å². The predicted octanol–water partition coefficient (Wildman–Crippen LogP) is 3.39. The van der Waals surface area contributed by atoms with E-state index in [1.54, 1.807) is 43.3 Å². The molecule has 0 amide bonds. The zero-order chi connectivity index (χ0) is 15.4. The Morgan fingerprint density at radius 3 is 2.62 bits per heavy atom. The number of aliphatic hydroxyl groups excluding tert-OH is 1. The van der Waals surface area contributed by atoms with E-state index >= 15 is 0 Å². The molecule has 0 unspecified atom stereocenters. The number of halogens is 1. The Hall–Kier alpha value is -2.38. The predicted molar refractivity (Wildman–Crippen MR) is 80.3 cm³/mol. The Balaban J connectivity index is 2.36. The van der Waals surface area contributed by atoms with Crippen LogP contribution in [0.2, 0.25) is 0 Å². The molecule has 1 atom stereocenters. The second-order valence-corrected chi connectivity index (χ2v) is 5.01. The fourth-order valence-corrected chi connectivity index (χ4v) is 2.26. The van der Waals surface area contributed by atoms with Crippen LogP contribution < -0.4 is 4.90 Å². The van der Waals surface area contributed by atoms with Gasteiger partial charge in [0.1, 0.15) is 5.82 Å². The van der Waals surface area contributed by atoms with Crippen molar-refractivity contribution < 1.29 is 9.50 Å². The monoisotopic (exact) mass is 284 g/mol. The quantitative estimate of drug-likeness (QED) is 0.936. The summed E-state index contributed by atoms with van der Waals surface area (Å²) in [6.45, 7) is 2.03. The van der Waals surface area contributed by atoms with Gasteiger partial charge in [0, 0.05) is 30.4 Å². The molecule has 0 spiro atoms. The lowest BCUT2D eigenvalue weighted by Crippen LogP contribution is -2.19. The van der Waals surface area contributed by atoms with Crippen LogP contribution in [0, 0.1) is 17.1 Å². The highest BCUT2D eigenvalue weighted by Crippen LogP contribution is 2.28. The molecular weight excluding hydrogens is 267 g/mol. The molecular formula is C17H17FN2O. The Morgan fingerprint density at radius 2 is 2.00 bits per heavy atom. The van der Waals surface area contributed by atoms with Crippen LogP contribution >= 0.6 is 0 Å². The zero-order valence-electron chi connectivity index (χ0n) is 12.0. The molecule has 108 valence electrons. The van der Waals surface area contributed by atoms with Crippen molar-refractivity contribution in [3.63, 3.8) is 0 Å². The molecule has 3 nitrogen and oxygen atoms in total. The molecule has 0 aliphatic heterocycles. The fourth-order valence-electron chi connectivity index (χ4n) is 2.26. The average Bonchev–Trinajstić information content (AvgIpc) is 2.48. The van der Waals surface area contributed by atoms with Crippen molar-refractivity contribution >= 4 is 5.69 Å². The van der Waals surface area contributed by atoms with E-state index in [2.05, 4.69) is 6.07 Å². The van der Waals surface area contributed by atoms with Gasteiger partial charge < -0.3 is 10.0 Å². The van der Waals surface area contributed by atoms with Gasteiger partial charge in [0.2, 0.25) is 0 Å². The molecule has 0 saturated carbocycles. The SMILES string of the molecule is C[C@@H](O)c1ccc(C#N)cc1N(C)Cc1ccccc1F. The molecule has 0 fully saturated rings. The highest BCUT2D eigenvalue weighted by Gasteiger charge is 2.14. The number of rotatable bonds is 4. The maximum absolute atomic E-state index is 13.7. The minimum atomic E-state index is -0.657. The molecule has 2 rings (SSSR count). The molecule has 0 aromatic heterocycles. The summed E-state index contributed by atoms with van der Waals surface area (Å²) in [5, 5.41) is 18.9. The highest BCUT2D eigenvalue weighted by atomic mass is 19.1. The highest BCUT2D eigenvalue weighted by molar-refractivity contribution is 5.58. The third-order valence-corrected chi connectivity index (χ3v) is 3.39. The summed E-state index contributed by atoms with van der Waals surface area (Å²) < 4.78 is 13.7. The van der Waals surface area contributed by atoms with Gasteiger partial charge >= 0.3 is 0 Å². The minimum absolute atomic E-state index is 0.264. The van der Waals surface area contributed by atoms with Crippen LogP contribution in [0.25, 0.3) is 0 Å². The lowest BCUT2D eigenvalue weighted by molar-refractivity contribution is 0.199. The summed E-state index contributed by atoms with van der Waals surface area (Å²) in [6, 6.07) is 13.8. The molecule has 0 saturated heterocycles. The number of hydrogen-bond acceptors (Lipinski definition) is 3. The summed E-state index contributed by atoms with van der Waals surface area (Å²) in [6.07, 6.45) is -0.657. The molecule has 21 heavy (non-hydrogen) atoms. The van der Waals surface area contributed by atoms with Crippen molar-refractivity contribution in [2.45, 2.75) is 19.6 Å². The lowest BCUT2D eigenvalue weighted by atomic mass is 10.0. The van der Waals surface area contributed by atoms with Crippen molar-refractivity contribution in [1.29, 1.82) is 5.26 Å². The van der Waals surface area contributed by atoms with Gasteiger partial charge in [-0.25, -0.2) is 4.39 Å². The van der Waals surface area contributed by atoms with Gasteiger partial charge in [0.05, 0.1) is 17.7 Å². The van der Waals surface area contributed by atoms with Gasteiger partial charge in [-0.3, -0.25) is 0 Å². The number of benzene rings is 2. The van der Waals surface area contributed by atoms with Gasteiger partial charge in [0.25, 0.3) is 0 Å². The van der Waals surface area contributed by atoms with Gasteiger partial charge in [-0.05, 0) is 25.1 Å². The Bertz CT molecular complexity index is 677. The number of aliphatic hydroxyl groups is 1. The molecule has 0 radical (unpaired) electrons. The first kappa shape index (κ1) is 15.0. The molecule has 0 heterocycles. The van der Waals surface area contributed by atoms with Crippen LogP contribution in [-0.4, -0.2) is 12.2 Å². The second kappa shape index (κ2) is 6.38. The van der Waals surface area contributed by atoms with E-state index in [1.165, 1.54) is 6.07 Å². The van der Waals surface area contributed by atoms with Gasteiger partial charge in [-0.1, -0.05) is 24.3 Å². The molecule has 1 N–H and O–H groups in total. The van der Waals surface area contributed by atoms with E-state index in [0.717, 1.165) is 5.69 Å². The van der Waals surface area contributed by atoms with E-state index in [4.69, 9.17) is 5.26 Å². The Labute approximate surface area is 123 Å². The van der Waals surface area contributed by atoms with Gasteiger partial charge in [-0.2, -0.15) is 5.26 Å². The van der Waals surface area contributed by atoms with Crippen LogP contribution in [0.1, 0.15) is 29.7 Å². The molecule has 0 aliphatic rings. The van der Waals surface area contributed by atoms with E-state index < -0.39 is 6.10 Å². The van der Waals surface area contributed by atoms with Crippen LogP contribution in [0.15, 0.2) is 42.5 Å². The zero-order valence-corrected chi connectivity index (χ0v) is 12.0. The van der Waals surface area contributed by atoms with E-state index in [0.29, 0.717) is 23.2 Å². The summed E-state index contributed by atoms with van der Waals surface area (Å²) in [7, 11) is 1.81. The van der Waals surface area contributed by atoms with E-state index in [1.807, 2.05) is 11.9 Å². The normalized spacial score (nSPS) is 11.8. The molecule has 0 bridgehead atoms. The summed E-state index contributed by atoms with van der Waals surface area (Å²) in [5.74, 6) is -0.264. The van der Waals surface area contributed by atoms with Crippen LogP contribution in [0.4, 0.5) is 10.1 Å². The molecule has 2 aromatic carbocycles. The number of hydrogen-bond donors (Lipinski definition) is 1. The van der Waals surface area contributed by atoms with E-state index in [9.17, 15) is 9.50 Å². The summed E-state index contributed by atoms with van der Waals surface area (Å²) in [5.41, 5.74) is 2.52. The van der Waals surface area contributed by atoms with Crippen molar-refractivity contribution in [2.24, 2.45) is 0 Å². The van der Waals surface area contributed by atoms with Gasteiger partial charge in [-0.15, -0.1) is 0 Å². The number of nitrogens with zero attached hydrogens (tertiary/aromatic N) is 2. The number of nitriles is 1. The first-order valence-electron chi connectivity index (χ1n) is 6.69. The van der Waals surface area contributed by atoms with Crippen molar-refractivity contribution in [3.8, 4) is 6.07 Å². The van der Waals surface area contributed by atoms with Crippen LogP contribution in [0.5, 0.6) is 0 Å². The summed E-state index contributed by atoms with van der Waals surface area (Å²) in [4.78, 5) is 1.83. The Morgan fingerprint density at radius 1 is 1.29 bits per heavy atom. The summed E-state index contributed by atoms with van der Waals surface area (Å²) >= 11 is 0. The largest absolute Gasteiger partial charge is 0.389 e. The lowest BCUT2D eigenvalue weighted by Gasteiger charge is -2.24. The maximum Gasteiger partial charge on any atom is 0.128 e. The average molecular weight is 284 g/mol. The minimum Gasteiger partial charge on any atom is -0.389 e.